The van der Waals surface area contributed by atoms with Gasteiger partial charge >= 0.3 is 0 Å². The summed E-state index contributed by atoms with van der Waals surface area (Å²) in [6, 6.07) is 0.482. The van der Waals surface area contributed by atoms with Gasteiger partial charge in [0.1, 0.15) is 12.7 Å². The molecule has 86 valence electrons. The lowest BCUT2D eigenvalue weighted by atomic mass is 10.3. The van der Waals surface area contributed by atoms with E-state index in [1.54, 1.807) is 0 Å². The van der Waals surface area contributed by atoms with Crippen molar-refractivity contribution >= 4 is 24.9 Å². The lowest BCUT2D eigenvalue weighted by Gasteiger charge is -2.17. The van der Waals surface area contributed by atoms with Crippen LogP contribution in [0.3, 0.4) is 0 Å². The molecule has 1 aliphatic rings. The minimum atomic E-state index is 0.0532. The maximum absolute atomic E-state index is 6.96. The smallest absolute Gasteiger partial charge is 0.238 e. The number of thiol groups is 1. The predicted octanol–water partition coefficient (Wildman–Crippen LogP) is 0.963. The summed E-state index contributed by atoms with van der Waals surface area (Å²) >= 11 is 3.68. The second kappa shape index (κ2) is 6.09. The van der Waals surface area contributed by atoms with Crippen molar-refractivity contribution < 1.29 is 9.47 Å². The number of nitrogens with zero attached hydrogens (tertiary/aromatic N) is 2. The maximum Gasteiger partial charge on any atom is 0.238 e. The van der Waals surface area contributed by atoms with Crippen LogP contribution in [0, 0.1) is 5.41 Å². The van der Waals surface area contributed by atoms with Crippen LogP contribution in [0.15, 0.2) is 4.40 Å². The molecule has 1 N–H and O–H groups in total. The average Bonchev–Trinajstić information content (AvgIpc) is 2.68. The monoisotopic (exact) mass is 231 g/mol. The first-order chi connectivity index (χ1) is 7.17. The van der Waals surface area contributed by atoms with Crippen molar-refractivity contribution in [3.63, 3.8) is 0 Å². The number of ether oxygens (including phenoxy) is 2. The van der Waals surface area contributed by atoms with Crippen LogP contribution >= 0.6 is 12.8 Å². The zero-order chi connectivity index (χ0) is 11.3. The van der Waals surface area contributed by atoms with Crippen molar-refractivity contribution in [1.29, 1.82) is 5.41 Å². The van der Waals surface area contributed by atoms with E-state index >= 15 is 0 Å². The number of hydrogen-bond donors (Lipinski definition) is 2. The molecule has 5 nitrogen and oxygen atoms in total. The third kappa shape index (κ3) is 3.81. The summed E-state index contributed by atoms with van der Waals surface area (Å²) in [5.41, 5.74) is 0. The standard InChI is InChI=1S/C9H17N3O2S/c1-7(2)12-4-8(14-6-12)5-13-9(3-10)11-15/h3,7-8,10,15H,4-6H2,1-2H3/b10-3?,11-9+. The molecule has 0 spiro atoms. The van der Waals surface area contributed by atoms with Crippen molar-refractivity contribution in [2.45, 2.75) is 26.0 Å². The summed E-state index contributed by atoms with van der Waals surface area (Å²) in [7, 11) is 0. The Bertz CT molecular complexity index is 246. The van der Waals surface area contributed by atoms with Crippen LogP contribution in [0.25, 0.3) is 0 Å². The van der Waals surface area contributed by atoms with E-state index in [0.29, 0.717) is 19.4 Å². The highest BCUT2D eigenvalue weighted by atomic mass is 32.1. The van der Waals surface area contributed by atoms with Gasteiger partial charge < -0.3 is 14.9 Å². The van der Waals surface area contributed by atoms with Crippen LogP contribution in [-0.2, 0) is 9.47 Å². The first kappa shape index (κ1) is 12.5. The van der Waals surface area contributed by atoms with Gasteiger partial charge in [-0.25, -0.2) is 0 Å². The molecule has 1 heterocycles. The van der Waals surface area contributed by atoms with Gasteiger partial charge in [-0.3, -0.25) is 4.90 Å². The van der Waals surface area contributed by atoms with Crippen LogP contribution in [0.4, 0.5) is 0 Å². The van der Waals surface area contributed by atoms with E-state index in [4.69, 9.17) is 14.9 Å². The number of hydrogen-bond acceptors (Lipinski definition) is 6. The summed E-state index contributed by atoms with van der Waals surface area (Å²) in [5, 5.41) is 6.96. The van der Waals surface area contributed by atoms with Crippen molar-refractivity contribution in [3.05, 3.63) is 0 Å². The van der Waals surface area contributed by atoms with E-state index in [1.807, 2.05) is 0 Å². The fraction of sp³-hybridized carbons (Fsp3) is 0.778. The number of rotatable bonds is 4. The Balaban J connectivity index is 2.27. The van der Waals surface area contributed by atoms with Crippen LogP contribution in [-0.4, -0.2) is 49.0 Å². The van der Waals surface area contributed by atoms with E-state index < -0.39 is 0 Å². The van der Waals surface area contributed by atoms with Crippen LogP contribution in [0.1, 0.15) is 13.8 Å². The summed E-state index contributed by atoms with van der Waals surface area (Å²) < 4.78 is 14.2. The third-order valence-corrected chi connectivity index (χ3v) is 2.48. The summed E-state index contributed by atoms with van der Waals surface area (Å²) in [5.74, 6) is 0.213. The summed E-state index contributed by atoms with van der Waals surface area (Å²) in [6.45, 7) is 6.17. The molecule has 1 fully saturated rings. The highest BCUT2D eigenvalue weighted by molar-refractivity contribution is 7.79. The van der Waals surface area contributed by atoms with Gasteiger partial charge in [0.05, 0.1) is 12.9 Å². The van der Waals surface area contributed by atoms with E-state index in [1.165, 1.54) is 0 Å². The molecule has 0 aromatic heterocycles. The third-order valence-electron chi connectivity index (χ3n) is 2.28. The van der Waals surface area contributed by atoms with Gasteiger partial charge in [0, 0.05) is 12.6 Å². The second-order valence-electron chi connectivity index (χ2n) is 3.68. The molecule has 0 bridgehead atoms. The molecule has 1 atom stereocenters. The van der Waals surface area contributed by atoms with E-state index in [-0.39, 0.29) is 12.0 Å². The zero-order valence-corrected chi connectivity index (χ0v) is 9.91. The minimum Gasteiger partial charge on any atom is -0.473 e. The Hall–Kier alpha value is -0.590. The molecule has 0 radical (unpaired) electrons. The second-order valence-corrected chi connectivity index (χ2v) is 3.88. The van der Waals surface area contributed by atoms with Crippen LogP contribution < -0.4 is 0 Å². The fourth-order valence-corrected chi connectivity index (χ4v) is 1.42. The highest BCUT2D eigenvalue weighted by Crippen LogP contribution is 2.11. The molecule has 0 aromatic carbocycles. The molecule has 1 rings (SSSR count). The van der Waals surface area contributed by atoms with Gasteiger partial charge in [-0.2, -0.15) is 4.40 Å². The van der Waals surface area contributed by atoms with E-state index in [9.17, 15) is 0 Å². The average molecular weight is 231 g/mol. The largest absolute Gasteiger partial charge is 0.473 e. The Kier molecular flexibility index (Phi) is 5.07. The molecule has 1 unspecified atom stereocenters. The molecule has 1 aliphatic heterocycles. The van der Waals surface area contributed by atoms with Crippen molar-refractivity contribution in [2.75, 3.05) is 19.9 Å². The van der Waals surface area contributed by atoms with Gasteiger partial charge in [0.2, 0.25) is 5.90 Å². The molecule has 0 aliphatic carbocycles. The van der Waals surface area contributed by atoms with Crippen LogP contribution in [0.2, 0.25) is 0 Å². The van der Waals surface area contributed by atoms with Crippen molar-refractivity contribution in [2.24, 2.45) is 4.40 Å². The van der Waals surface area contributed by atoms with E-state index in [2.05, 4.69) is 36.0 Å². The van der Waals surface area contributed by atoms with Gasteiger partial charge in [-0.1, -0.05) is 0 Å². The highest BCUT2D eigenvalue weighted by Gasteiger charge is 2.25. The Morgan fingerprint density at radius 1 is 1.80 bits per heavy atom. The van der Waals surface area contributed by atoms with Gasteiger partial charge in [0.25, 0.3) is 0 Å². The lowest BCUT2D eigenvalue weighted by Crippen LogP contribution is -2.30. The first-order valence-corrected chi connectivity index (χ1v) is 5.28. The zero-order valence-electron chi connectivity index (χ0n) is 9.01. The predicted molar refractivity (Wildman–Crippen MR) is 62.7 cm³/mol. The van der Waals surface area contributed by atoms with E-state index in [0.717, 1.165) is 12.8 Å². The molecule has 6 heteroatoms. The fourth-order valence-electron chi connectivity index (χ4n) is 1.31. The molecular formula is C9H17N3O2S. The first-order valence-electron chi connectivity index (χ1n) is 4.88. The normalized spacial score (nSPS) is 23.5. The molecule has 0 amide bonds. The SMILES string of the molecule is CC(C)N1COC(CO/C(C=N)=N/S)C1. The molecule has 0 aromatic rings. The lowest BCUT2D eigenvalue weighted by molar-refractivity contribution is 0.0530. The molecule has 0 saturated carbocycles. The van der Waals surface area contributed by atoms with Gasteiger partial charge in [-0.05, 0) is 26.7 Å². The topological polar surface area (TPSA) is 57.9 Å². The van der Waals surface area contributed by atoms with Gasteiger partial charge in [0.15, 0.2) is 0 Å². The summed E-state index contributed by atoms with van der Waals surface area (Å²) in [4.78, 5) is 2.22. The van der Waals surface area contributed by atoms with Crippen LogP contribution in [0.5, 0.6) is 0 Å². The Morgan fingerprint density at radius 2 is 2.53 bits per heavy atom. The Morgan fingerprint density at radius 3 is 3.00 bits per heavy atom. The quantitative estimate of drug-likeness (QED) is 0.430. The van der Waals surface area contributed by atoms with Gasteiger partial charge in [-0.15, -0.1) is 0 Å². The van der Waals surface area contributed by atoms with Crippen molar-refractivity contribution in [3.8, 4) is 0 Å². The molecular weight excluding hydrogens is 214 g/mol. The minimum absolute atomic E-state index is 0.0532. The number of nitrogens with one attached hydrogen (secondary N) is 1. The molecule has 15 heavy (non-hydrogen) atoms. The molecule has 1 saturated heterocycles. The van der Waals surface area contributed by atoms with Crippen molar-refractivity contribution in [1.82, 2.24) is 4.90 Å². The summed E-state index contributed by atoms with van der Waals surface area (Å²) in [6.07, 6.45) is 1.08. The maximum atomic E-state index is 6.96. The Labute approximate surface area is 95.5 Å².